The van der Waals surface area contributed by atoms with E-state index in [1.54, 1.807) is 25.1 Å². The number of aromatic nitrogens is 3. The zero-order valence-electron chi connectivity index (χ0n) is 18.8. The molecule has 0 saturated carbocycles. The van der Waals surface area contributed by atoms with E-state index in [0.717, 1.165) is 38.5 Å². The standard InChI is InChI=1S/C27H21ClN4O2S/c1-34-22-8-11-24-18(15-22)14-19(26(33)31-24)16-35-23-9-6-21(7-10-23)30-27-29-13-12-25(32-27)17-2-4-20(28)5-3-17/h2-15H,16H2,1H3,(H,31,33)(H,29,30,32). The molecule has 0 spiro atoms. The van der Waals surface area contributed by atoms with Crippen LogP contribution < -0.4 is 15.6 Å². The molecule has 0 saturated heterocycles. The summed E-state index contributed by atoms with van der Waals surface area (Å²) in [6.07, 6.45) is 1.72. The number of hydrogen-bond acceptors (Lipinski definition) is 6. The lowest BCUT2D eigenvalue weighted by Gasteiger charge is -2.08. The number of nitrogens with zero attached hydrogens (tertiary/aromatic N) is 2. The third-order valence-corrected chi connectivity index (χ3v) is 6.74. The van der Waals surface area contributed by atoms with Crippen molar-refractivity contribution in [2.75, 3.05) is 12.4 Å². The minimum Gasteiger partial charge on any atom is -0.497 e. The summed E-state index contributed by atoms with van der Waals surface area (Å²) in [6.45, 7) is 0. The summed E-state index contributed by atoms with van der Waals surface area (Å²) >= 11 is 7.58. The number of benzene rings is 3. The van der Waals surface area contributed by atoms with Crippen molar-refractivity contribution in [2.45, 2.75) is 10.6 Å². The van der Waals surface area contributed by atoms with E-state index < -0.39 is 0 Å². The number of ether oxygens (including phenoxy) is 1. The van der Waals surface area contributed by atoms with Gasteiger partial charge in [-0.2, -0.15) is 0 Å². The molecule has 2 heterocycles. The largest absolute Gasteiger partial charge is 0.497 e. The molecule has 8 heteroatoms. The number of rotatable bonds is 7. The van der Waals surface area contributed by atoms with Crippen LogP contribution in [0.2, 0.25) is 5.02 Å². The molecule has 35 heavy (non-hydrogen) atoms. The fraction of sp³-hybridized carbons (Fsp3) is 0.0741. The number of aromatic amines is 1. The second kappa shape index (κ2) is 10.2. The molecule has 0 fully saturated rings. The average molecular weight is 501 g/mol. The first kappa shape index (κ1) is 23.0. The average Bonchev–Trinajstić information content (AvgIpc) is 2.88. The van der Waals surface area contributed by atoms with E-state index in [4.69, 9.17) is 16.3 Å². The predicted octanol–water partition coefficient (Wildman–Crippen LogP) is 6.68. The molecule has 5 aromatic rings. The van der Waals surface area contributed by atoms with Gasteiger partial charge in [-0.3, -0.25) is 4.79 Å². The molecule has 6 nitrogen and oxygen atoms in total. The zero-order valence-corrected chi connectivity index (χ0v) is 20.4. The summed E-state index contributed by atoms with van der Waals surface area (Å²) < 4.78 is 5.29. The van der Waals surface area contributed by atoms with E-state index in [2.05, 4.69) is 20.3 Å². The van der Waals surface area contributed by atoms with Crippen LogP contribution in [0.5, 0.6) is 5.75 Å². The fourth-order valence-electron chi connectivity index (χ4n) is 3.59. The lowest BCUT2D eigenvalue weighted by atomic mass is 10.1. The van der Waals surface area contributed by atoms with Gasteiger partial charge in [-0.15, -0.1) is 11.8 Å². The Morgan fingerprint density at radius 3 is 2.57 bits per heavy atom. The first-order valence-electron chi connectivity index (χ1n) is 10.9. The minimum absolute atomic E-state index is 0.0776. The molecule has 0 aliphatic carbocycles. The number of fused-ring (bicyclic) bond motifs is 1. The van der Waals surface area contributed by atoms with Crippen molar-refractivity contribution < 1.29 is 4.74 Å². The van der Waals surface area contributed by atoms with Crippen LogP contribution in [0.4, 0.5) is 11.6 Å². The highest BCUT2D eigenvalue weighted by Crippen LogP contribution is 2.26. The van der Waals surface area contributed by atoms with Gasteiger partial charge < -0.3 is 15.0 Å². The molecule has 2 aromatic heterocycles. The van der Waals surface area contributed by atoms with Gasteiger partial charge in [-0.25, -0.2) is 9.97 Å². The monoisotopic (exact) mass is 500 g/mol. The highest BCUT2D eigenvalue weighted by atomic mass is 35.5. The molecule has 0 radical (unpaired) electrons. The summed E-state index contributed by atoms with van der Waals surface area (Å²) in [4.78, 5) is 25.4. The molecular formula is C27H21ClN4O2S. The van der Waals surface area contributed by atoms with Crippen molar-refractivity contribution in [3.8, 4) is 17.0 Å². The molecule has 2 N–H and O–H groups in total. The molecule has 0 atom stereocenters. The number of methoxy groups -OCH3 is 1. The summed E-state index contributed by atoms with van der Waals surface area (Å²) in [6, 6.07) is 24.9. The van der Waals surface area contributed by atoms with Crippen LogP contribution in [0, 0.1) is 0 Å². The number of hydrogen-bond donors (Lipinski definition) is 2. The number of anilines is 2. The van der Waals surface area contributed by atoms with Crippen LogP contribution in [0.1, 0.15) is 5.56 Å². The molecule has 0 unspecified atom stereocenters. The van der Waals surface area contributed by atoms with E-state index in [0.29, 0.717) is 22.3 Å². The molecule has 5 rings (SSSR count). The maximum Gasteiger partial charge on any atom is 0.252 e. The second-order valence-corrected chi connectivity index (χ2v) is 9.27. The second-order valence-electron chi connectivity index (χ2n) is 7.79. The molecule has 3 aromatic carbocycles. The highest BCUT2D eigenvalue weighted by Gasteiger charge is 2.07. The first-order valence-corrected chi connectivity index (χ1v) is 12.2. The summed E-state index contributed by atoms with van der Waals surface area (Å²) in [5.74, 6) is 1.83. The van der Waals surface area contributed by atoms with Crippen molar-refractivity contribution in [3.05, 3.63) is 106 Å². The van der Waals surface area contributed by atoms with Crippen molar-refractivity contribution in [1.82, 2.24) is 15.0 Å². The number of thioether (sulfide) groups is 1. The van der Waals surface area contributed by atoms with Gasteiger partial charge in [0.1, 0.15) is 5.75 Å². The van der Waals surface area contributed by atoms with Crippen LogP contribution in [0.25, 0.3) is 22.2 Å². The Morgan fingerprint density at radius 1 is 1.00 bits per heavy atom. The van der Waals surface area contributed by atoms with E-state index >= 15 is 0 Å². The number of pyridine rings is 1. The Morgan fingerprint density at radius 2 is 1.80 bits per heavy atom. The van der Waals surface area contributed by atoms with Gasteiger partial charge in [0.2, 0.25) is 5.95 Å². The Labute approximate surface area is 211 Å². The third-order valence-electron chi connectivity index (χ3n) is 5.43. The maximum absolute atomic E-state index is 12.5. The Balaban J connectivity index is 1.26. The van der Waals surface area contributed by atoms with E-state index in [9.17, 15) is 4.79 Å². The Hall–Kier alpha value is -3.81. The van der Waals surface area contributed by atoms with E-state index in [1.807, 2.05) is 78.9 Å². The molecule has 0 aliphatic heterocycles. The van der Waals surface area contributed by atoms with Crippen LogP contribution in [-0.2, 0) is 5.75 Å². The van der Waals surface area contributed by atoms with Crippen molar-refractivity contribution in [3.63, 3.8) is 0 Å². The normalized spacial score (nSPS) is 10.9. The SMILES string of the molecule is COc1ccc2[nH]c(=O)c(CSc3ccc(Nc4nccc(-c5ccc(Cl)cc5)n4)cc3)cc2c1. The van der Waals surface area contributed by atoms with Crippen molar-refractivity contribution in [1.29, 1.82) is 0 Å². The van der Waals surface area contributed by atoms with Gasteiger partial charge in [0.25, 0.3) is 5.56 Å². The van der Waals surface area contributed by atoms with Gasteiger partial charge >= 0.3 is 0 Å². The lowest BCUT2D eigenvalue weighted by molar-refractivity contribution is 0.415. The van der Waals surface area contributed by atoms with Crippen LogP contribution in [0.3, 0.4) is 0 Å². The van der Waals surface area contributed by atoms with Crippen LogP contribution in [0.15, 0.2) is 94.7 Å². The Bertz CT molecular complexity index is 1540. The maximum atomic E-state index is 12.5. The quantitative estimate of drug-likeness (QED) is 0.242. The molecule has 0 bridgehead atoms. The van der Waals surface area contributed by atoms with Gasteiger partial charge in [0.15, 0.2) is 0 Å². The number of halogens is 1. The van der Waals surface area contributed by atoms with E-state index in [1.165, 1.54) is 0 Å². The summed E-state index contributed by atoms with van der Waals surface area (Å²) in [7, 11) is 1.63. The first-order chi connectivity index (χ1) is 17.1. The molecule has 0 amide bonds. The summed E-state index contributed by atoms with van der Waals surface area (Å²) in [5.41, 5.74) is 4.08. The van der Waals surface area contributed by atoms with Gasteiger partial charge in [-0.1, -0.05) is 23.7 Å². The smallest absolute Gasteiger partial charge is 0.252 e. The zero-order chi connectivity index (χ0) is 24.2. The van der Waals surface area contributed by atoms with Crippen LogP contribution in [-0.4, -0.2) is 22.1 Å². The van der Waals surface area contributed by atoms with Crippen LogP contribution >= 0.6 is 23.4 Å². The lowest BCUT2D eigenvalue weighted by Crippen LogP contribution is -2.11. The Kier molecular flexibility index (Phi) is 6.70. The fourth-order valence-corrected chi connectivity index (χ4v) is 4.58. The number of H-pyrrole nitrogens is 1. The van der Waals surface area contributed by atoms with Gasteiger partial charge in [0, 0.05) is 49.6 Å². The number of nitrogens with one attached hydrogen (secondary N) is 2. The highest BCUT2D eigenvalue weighted by molar-refractivity contribution is 7.98. The minimum atomic E-state index is -0.0776. The summed E-state index contributed by atoms with van der Waals surface area (Å²) in [5, 5.41) is 4.87. The molecule has 0 aliphatic rings. The van der Waals surface area contributed by atoms with Gasteiger partial charge in [0.05, 0.1) is 12.8 Å². The van der Waals surface area contributed by atoms with Crippen molar-refractivity contribution in [2.24, 2.45) is 0 Å². The van der Waals surface area contributed by atoms with E-state index in [-0.39, 0.29) is 5.56 Å². The van der Waals surface area contributed by atoms with Crippen molar-refractivity contribution >= 4 is 45.9 Å². The molecule has 174 valence electrons. The predicted molar refractivity (Wildman–Crippen MR) is 143 cm³/mol. The van der Waals surface area contributed by atoms with Gasteiger partial charge in [-0.05, 0) is 66.7 Å². The molecular weight excluding hydrogens is 480 g/mol. The third kappa shape index (κ3) is 5.48. The topological polar surface area (TPSA) is 79.9 Å².